The molecule has 2 aromatic rings. The van der Waals surface area contributed by atoms with Crippen LogP contribution in [0, 0.1) is 5.82 Å². The average molecular weight is 277 g/mol. The first-order valence-electron chi connectivity index (χ1n) is 6.73. The molecule has 2 rings (SSSR count). The molecule has 1 aromatic heterocycles. The van der Waals surface area contributed by atoms with Crippen LogP contribution in [0.15, 0.2) is 24.4 Å². The first kappa shape index (κ1) is 14.5. The van der Waals surface area contributed by atoms with E-state index >= 15 is 0 Å². The highest BCUT2D eigenvalue weighted by molar-refractivity contribution is 5.88. The summed E-state index contributed by atoms with van der Waals surface area (Å²) in [5.74, 6) is -0.284. The van der Waals surface area contributed by atoms with Gasteiger partial charge in [-0.05, 0) is 50.8 Å². The number of amides is 1. The minimum absolute atomic E-state index is 0.00557. The summed E-state index contributed by atoms with van der Waals surface area (Å²) in [5.41, 5.74) is 1.62. The van der Waals surface area contributed by atoms with Crippen molar-refractivity contribution in [3.8, 4) is 0 Å². The third kappa shape index (κ3) is 3.81. The molecule has 0 bridgehead atoms. The van der Waals surface area contributed by atoms with Gasteiger partial charge >= 0.3 is 0 Å². The lowest BCUT2D eigenvalue weighted by atomic mass is 10.1. The summed E-state index contributed by atoms with van der Waals surface area (Å²) in [6, 6.07) is 4.55. The van der Waals surface area contributed by atoms with Gasteiger partial charge in [-0.3, -0.25) is 4.79 Å². The maximum atomic E-state index is 13.1. The number of nitrogens with zero attached hydrogens (tertiary/aromatic N) is 1. The molecule has 0 aliphatic carbocycles. The Bertz CT molecular complexity index is 592. The first-order chi connectivity index (χ1) is 9.56. The van der Waals surface area contributed by atoms with Gasteiger partial charge in [0.1, 0.15) is 5.82 Å². The summed E-state index contributed by atoms with van der Waals surface area (Å²) in [4.78, 5) is 16.9. The average Bonchev–Trinajstić information content (AvgIpc) is 2.77. The van der Waals surface area contributed by atoms with E-state index in [1.54, 1.807) is 12.3 Å². The lowest BCUT2D eigenvalue weighted by Crippen LogP contribution is -2.28. The maximum Gasteiger partial charge on any atom is 0.224 e. The van der Waals surface area contributed by atoms with Crippen LogP contribution in [0.1, 0.15) is 12.0 Å². The van der Waals surface area contributed by atoms with E-state index in [0.29, 0.717) is 13.0 Å². The van der Waals surface area contributed by atoms with Crippen LogP contribution in [0.4, 0.5) is 4.39 Å². The summed E-state index contributed by atoms with van der Waals surface area (Å²) < 4.78 is 13.1. The number of rotatable bonds is 6. The topological polar surface area (TPSA) is 48.1 Å². The first-order valence-corrected chi connectivity index (χ1v) is 6.73. The third-order valence-corrected chi connectivity index (χ3v) is 3.18. The molecule has 0 unspecified atom stereocenters. The Morgan fingerprint density at radius 3 is 2.95 bits per heavy atom. The predicted octanol–water partition coefficient (Wildman–Crippen LogP) is 1.92. The molecule has 2 N–H and O–H groups in total. The predicted molar refractivity (Wildman–Crippen MR) is 78.1 cm³/mol. The zero-order chi connectivity index (χ0) is 14.5. The van der Waals surface area contributed by atoms with Gasteiger partial charge in [0, 0.05) is 23.6 Å². The highest BCUT2D eigenvalue weighted by atomic mass is 19.1. The van der Waals surface area contributed by atoms with E-state index in [4.69, 9.17) is 0 Å². The zero-order valence-electron chi connectivity index (χ0n) is 11.9. The van der Waals surface area contributed by atoms with E-state index in [2.05, 4.69) is 15.2 Å². The van der Waals surface area contributed by atoms with E-state index in [0.717, 1.165) is 29.4 Å². The lowest BCUT2D eigenvalue weighted by molar-refractivity contribution is -0.120. The molecule has 0 aliphatic heterocycles. The Morgan fingerprint density at radius 2 is 2.20 bits per heavy atom. The molecule has 0 atom stereocenters. The van der Waals surface area contributed by atoms with Gasteiger partial charge in [-0.25, -0.2) is 4.39 Å². The lowest BCUT2D eigenvalue weighted by Gasteiger charge is -2.09. The highest BCUT2D eigenvalue weighted by Crippen LogP contribution is 2.19. The minimum Gasteiger partial charge on any atom is -0.361 e. The fourth-order valence-electron chi connectivity index (χ4n) is 2.16. The van der Waals surface area contributed by atoms with Gasteiger partial charge in [0.2, 0.25) is 5.91 Å². The molecule has 0 radical (unpaired) electrons. The summed E-state index contributed by atoms with van der Waals surface area (Å²) >= 11 is 0. The SMILES string of the molecule is CN(C)CCCNC(=O)Cc1c[nH]c2cc(F)ccc12. The molecule has 108 valence electrons. The van der Waals surface area contributed by atoms with Crippen LogP contribution in [0.3, 0.4) is 0 Å². The number of fused-ring (bicyclic) bond motifs is 1. The Labute approximate surface area is 118 Å². The molecule has 0 saturated heterocycles. The monoisotopic (exact) mass is 277 g/mol. The molecule has 20 heavy (non-hydrogen) atoms. The van der Waals surface area contributed by atoms with E-state index in [9.17, 15) is 9.18 Å². The molecule has 0 aliphatic rings. The number of carbonyl (C=O) groups excluding carboxylic acids is 1. The molecular weight excluding hydrogens is 257 g/mol. The Balaban J connectivity index is 1.90. The van der Waals surface area contributed by atoms with Crippen LogP contribution in [0.5, 0.6) is 0 Å². The fourth-order valence-corrected chi connectivity index (χ4v) is 2.16. The fraction of sp³-hybridized carbons (Fsp3) is 0.400. The molecule has 1 amide bonds. The third-order valence-electron chi connectivity index (χ3n) is 3.18. The van der Waals surface area contributed by atoms with Crippen molar-refractivity contribution in [3.05, 3.63) is 35.8 Å². The number of aromatic nitrogens is 1. The van der Waals surface area contributed by atoms with Gasteiger partial charge in [-0.15, -0.1) is 0 Å². The zero-order valence-corrected chi connectivity index (χ0v) is 11.9. The van der Waals surface area contributed by atoms with Gasteiger partial charge in [-0.2, -0.15) is 0 Å². The Morgan fingerprint density at radius 1 is 1.40 bits per heavy atom. The molecule has 1 aromatic carbocycles. The largest absolute Gasteiger partial charge is 0.361 e. The molecule has 0 spiro atoms. The van der Waals surface area contributed by atoms with Gasteiger partial charge in [-0.1, -0.05) is 0 Å². The van der Waals surface area contributed by atoms with Crippen molar-refractivity contribution in [3.63, 3.8) is 0 Å². The van der Waals surface area contributed by atoms with Gasteiger partial charge in [0.05, 0.1) is 6.42 Å². The van der Waals surface area contributed by atoms with Crippen molar-refractivity contribution in [1.29, 1.82) is 0 Å². The quantitative estimate of drug-likeness (QED) is 0.793. The van der Waals surface area contributed by atoms with Crippen molar-refractivity contribution in [2.45, 2.75) is 12.8 Å². The molecular formula is C15H20FN3O. The summed E-state index contributed by atoms with van der Waals surface area (Å²) in [6.45, 7) is 1.63. The van der Waals surface area contributed by atoms with E-state index < -0.39 is 0 Å². The second-order valence-corrected chi connectivity index (χ2v) is 5.19. The number of nitrogens with one attached hydrogen (secondary N) is 2. The number of aromatic amines is 1. The molecule has 0 fully saturated rings. The number of H-pyrrole nitrogens is 1. The standard InChI is InChI=1S/C15H20FN3O/c1-19(2)7-3-6-17-15(20)8-11-10-18-14-9-12(16)4-5-13(11)14/h4-5,9-10,18H,3,6-8H2,1-2H3,(H,17,20). The Hall–Kier alpha value is -1.88. The number of hydrogen-bond donors (Lipinski definition) is 2. The molecule has 0 saturated carbocycles. The van der Waals surface area contributed by atoms with Crippen molar-refractivity contribution >= 4 is 16.8 Å². The minimum atomic E-state index is -0.279. The number of benzene rings is 1. The van der Waals surface area contributed by atoms with Crippen LogP contribution in [0.2, 0.25) is 0 Å². The number of carbonyl (C=O) groups is 1. The van der Waals surface area contributed by atoms with Crippen LogP contribution >= 0.6 is 0 Å². The van der Waals surface area contributed by atoms with Crippen LogP contribution in [-0.4, -0.2) is 43.0 Å². The van der Waals surface area contributed by atoms with Gasteiger partial charge < -0.3 is 15.2 Å². The smallest absolute Gasteiger partial charge is 0.224 e. The second-order valence-electron chi connectivity index (χ2n) is 5.19. The van der Waals surface area contributed by atoms with Crippen LogP contribution in [-0.2, 0) is 11.2 Å². The van der Waals surface area contributed by atoms with Crippen LogP contribution < -0.4 is 5.32 Å². The Kier molecular flexibility index (Phi) is 4.74. The highest BCUT2D eigenvalue weighted by Gasteiger charge is 2.09. The van der Waals surface area contributed by atoms with E-state index in [-0.39, 0.29) is 11.7 Å². The summed E-state index contributed by atoms with van der Waals surface area (Å²) in [7, 11) is 4.01. The van der Waals surface area contributed by atoms with E-state index in [1.807, 2.05) is 14.1 Å². The number of hydrogen-bond acceptors (Lipinski definition) is 2. The van der Waals surface area contributed by atoms with Gasteiger partial charge in [0.25, 0.3) is 0 Å². The van der Waals surface area contributed by atoms with E-state index in [1.165, 1.54) is 12.1 Å². The van der Waals surface area contributed by atoms with Crippen molar-refractivity contribution in [2.24, 2.45) is 0 Å². The second kappa shape index (κ2) is 6.52. The van der Waals surface area contributed by atoms with Crippen molar-refractivity contribution in [1.82, 2.24) is 15.2 Å². The summed E-state index contributed by atoms with van der Waals surface area (Å²) in [6.07, 6.45) is 3.01. The maximum absolute atomic E-state index is 13.1. The molecule has 4 nitrogen and oxygen atoms in total. The molecule has 1 heterocycles. The van der Waals surface area contributed by atoms with Gasteiger partial charge in [0.15, 0.2) is 0 Å². The van der Waals surface area contributed by atoms with Crippen molar-refractivity contribution < 1.29 is 9.18 Å². The van der Waals surface area contributed by atoms with Crippen molar-refractivity contribution in [2.75, 3.05) is 27.2 Å². The summed E-state index contributed by atoms with van der Waals surface area (Å²) in [5, 5.41) is 3.80. The molecule has 5 heteroatoms. The number of halogens is 1. The normalized spacial score (nSPS) is 11.2. The van der Waals surface area contributed by atoms with Crippen LogP contribution in [0.25, 0.3) is 10.9 Å².